The summed E-state index contributed by atoms with van der Waals surface area (Å²) in [6.07, 6.45) is 0. The van der Waals surface area contributed by atoms with Crippen LogP contribution >= 0.6 is 34.7 Å². The molecule has 96 valence electrons. The molecule has 0 bridgehead atoms. The maximum Gasteiger partial charge on any atom is 0.157 e. The largest absolute Gasteiger partial charge is 0.374 e. The first-order valence-electron chi connectivity index (χ1n) is 5.38. The molecule has 2 rings (SSSR count). The van der Waals surface area contributed by atoms with E-state index in [-0.39, 0.29) is 0 Å². The standard InChI is InChI=1S/C11H12ClN3OS2/c1-3-16-5-9-14-8(12)4-10(15-9)18-11-13-7(2)6-17-11/h4,6H,3,5H2,1-2H3. The third-order valence-corrected chi connectivity index (χ3v) is 4.11. The van der Waals surface area contributed by atoms with Gasteiger partial charge in [-0.05, 0) is 25.6 Å². The predicted molar refractivity (Wildman–Crippen MR) is 73.3 cm³/mol. The zero-order valence-electron chi connectivity index (χ0n) is 10.0. The van der Waals surface area contributed by atoms with Gasteiger partial charge in [0.1, 0.15) is 16.8 Å². The number of aromatic nitrogens is 3. The highest BCUT2D eigenvalue weighted by Gasteiger charge is 2.07. The molecule has 0 aliphatic heterocycles. The Hall–Kier alpha value is -0.690. The molecule has 0 atom stereocenters. The Kier molecular flexibility index (Phi) is 4.94. The topological polar surface area (TPSA) is 47.9 Å². The molecule has 0 spiro atoms. The van der Waals surface area contributed by atoms with Crippen molar-refractivity contribution < 1.29 is 4.74 Å². The highest BCUT2D eigenvalue weighted by atomic mass is 35.5. The number of halogens is 1. The van der Waals surface area contributed by atoms with Gasteiger partial charge >= 0.3 is 0 Å². The maximum atomic E-state index is 5.96. The second-order valence-corrected chi connectivity index (χ2v) is 5.95. The van der Waals surface area contributed by atoms with E-state index in [9.17, 15) is 0 Å². The number of rotatable bonds is 5. The number of nitrogens with zero attached hydrogens (tertiary/aromatic N) is 3. The van der Waals surface area contributed by atoms with Crippen molar-refractivity contribution in [1.82, 2.24) is 15.0 Å². The molecule has 2 heterocycles. The summed E-state index contributed by atoms with van der Waals surface area (Å²) in [6, 6.07) is 1.73. The Morgan fingerprint density at radius 1 is 1.39 bits per heavy atom. The van der Waals surface area contributed by atoms with Gasteiger partial charge in [0, 0.05) is 23.7 Å². The van der Waals surface area contributed by atoms with Crippen LogP contribution in [0.1, 0.15) is 18.4 Å². The molecule has 0 amide bonds. The van der Waals surface area contributed by atoms with Gasteiger partial charge in [0.05, 0.1) is 0 Å². The van der Waals surface area contributed by atoms with Crippen LogP contribution in [-0.2, 0) is 11.3 Å². The SMILES string of the molecule is CCOCc1nc(Cl)cc(Sc2nc(C)cs2)n1. The molecular weight excluding hydrogens is 290 g/mol. The van der Waals surface area contributed by atoms with Crippen molar-refractivity contribution >= 4 is 34.7 Å². The second kappa shape index (κ2) is 6.47. The van der Waals surface area contributed by atoms with Gasteiger partial charge < -0.3 is 4.74 Å². The van der Waals surface area contributed by atoms with Gasteiger partial charge in [-0.2, -0.15) is 0 Å². The van der Waals surface area contributed by atoms with Crippen LogP contribution in [0.2, 0.25) is 5.15 Å². The Labute approximate surface area is 119 Å². The van der Waals surface area contributed by atoms with Crippen LogP contribution < -0.4 is 0 Å². The predicted octanol–water partition coefficient (Wildman–Crippen LogP) is 3.58. The van der Waals surface area contributed by atoms with Crippen molar-refractivity contribution in [3.8, 4) is 0 Å². The van der Waals surface area contributed by atoms with E-state index in [4.69, 9.17) is 16.3 Å². The summed E-state index contributed by atoms with van der Waals surface area (Å²) in [5.41, 5.74) is 1.01. The lowest BCUT2D eigenvalue weighted by molar-refractivity contribution is 0.128. The summed E-state index contributed by atoms with van der Waals surface area (Å²) in [6.45, 7) is 4.90. The minimum absolute atomic E-state index is 0.377. The van der Waals surface area contributed by atoms with Gasteiger partial charge in [0.2, 0.25) is 0 Å². The van der Waals surface area contributed by atoms with E-state index < -0.39 is 0 Å². The van der Waals surface area contributed by atoms with Gasteiger partial charge in [-0.15, -0.1) is 11.3 Å². The lowest BCUT2D eigenvalue weighted by Crippen LogP contribution is -2.00. The number of thiazole rings is 1. The molecule has 2 aromatic heterocycles. The van der Waals surface area contributed by atoms with Crippen molar-refractivity contribution in [3.05, 3.63) is 28.1 Å². The lowest BCUT2D eigenvalue weighted by atomic mass is 10.6. The van der Waals surface area contributed by atoms with Crippen molar-refractivity contribution in [3.63, 3.8) is 0 Å². The molecule has 7 heteroatoms. The molecule has 0 unspecified atom stereocenters. The zero-order chi connectivity index (χ0) is 13.0. The fourth-order valence-electron chi connectivity index (χ4n) is 1.22. The maximum absolute atomic E-state index is 5.96. The summed E-state index contributed by atoms with van der Waals surface area (Å²) in [4.78, 5) is 12.9. The van der Waals surface area contributed by atoms with Crippen LogP contribution in [0, 0.1) is 6.92 Å². The fourth-order valence-corrected chi connectivity index (χ4v) is 3.29. The van der Waals surface area contributed by atoms with Crippen LogP contribution in [0.5, 0.6) is 0 Å². The number of ether oxygens (including phenoxy) is 1. The minimum atomic E-state index is 0.377. The van der Waals surface area contributed by atoms with E-state index >= 15 is 0 Å². The number of hydrogen-bond donors (Lipinski definition) is 0. The van der Waals surface area contributed by atoms with Crippen LogP contribution in [0.25, 0.3) is 0 Å². The van der Waals surface area contributed by atoms with E-state index in [0.717, 1.165) is 15.1 Å². The summed E-state index contributed by atoms with van der Waals surface area (Å²) in [7, 11) is 0. The van der Waals surface area contributed by atoms with Gasteiger partial charge in [0.15, 0.2) is 10.2 Å². The lowest BCUT2D eigenvalue weighted by Gasteiger charge is -2.03. The quantitative estimate of drug-likeness (QED) is 0.790. The molecule has 0 saturated heterocycles. The first-order valence-corrected chi connectivity index (χ1v) is 7.46. The normalized spacial score (nSPS) is 10.8. The van der Waals surface area contributed by atoms with Gasteiger partial charge in [-0.3, -0.25) is 0 Å². The average molecular weight is 302 g/mol. The number of aryl methyl sites for hydroxylation is 1. The summed E-state index contributed by atoms with van der Waals surface area (Å²) < 4.78 is 6.23. The van der Waals surface area contributed by atoms with Gasteiger partial charge in [-0.25, -0.2) is 15.0 Å². The smallest absolute Gasteiger partial charge is 0.157 e. The Morgan fingerprint density at radius 2 is 2.22 bits per heavy atom. The molecule has 0 fully saturated rings. The van der Waals surface area contributed by atoms with E-state index in [2.05, 4.69) is 15.0 Å². The van der Waals surface area contributed by atoms with Crippen LogP contribution in [0.4, 0.5) is 0 Å². The van der Waals surface area contributed by atoms with E-state index in [0.29, 0.717) is 24.2 Å². The Morgan fingerprint density at radius 3 is 2.89 bits per heavy atom. The third kappa shape index (κ3) is 3.91. The zero-order valence-corrected chi connectivity index (χ0v) is 12.4. The fraction of sp³-hybridized carbons (Fsp3) is 0.364. The Bertz CT molecular complexity index is 533. The summed E-state index contributed by atoms with van der Waals surface area (Å²) >= 11 is 9.04. The highest BCUT2D eigenvalue weighted by Crippen LogP contribution is 2.29. The van der Waals surface area contributed by atoms with Gasteiger partial charge in [-0.1, -0.05) is 11.6 Å². The molecule has 0 aromatic carbocycles. The monoisotopic (exact) mass is 301 g/mol. The molecule has 18 heavy (non-hydrogen) atoms. The average Bonchev–Trinajstić information content (AvgIpc) is 2.71. The Balaban J connectivity index is 2.14. The van der Waals surface area contributed by atoms with Crippen LogP contribution in [-0.4, -0.2) is 21.6 Å². The molecular formula is C11H12ClN3OS2. The molecule has 0 saturated carbocycles. The van der Waals surface area contributed by atoms with Crippen molar-refractivity contribution in [2.45, 2.75) is 29.8 Å². The van der Waals surface area contributed by atoms with Crippen molar-refractivity contribution in [2.24, 2.45) is 0 Å². The minimum Gasteiger partial charge on any atom is -0.374 e. The van der Waals surface area contributed by atoms with Crippen LogP contribution in [0.15, 0.2) is 20.8 Å². The summed E-state index contributed by atoms with van der Waals surface area (Å²) in [5, 5.41) is 3.22. The first-order chi connectivity index (χ1) is 8.67. The van der Waals surface area contributed by atoms with Crippen LogP contribution in [0.3, 0.4) is 0 Å². The molecule has 0 N–H and O–H groups in total. The molecule has 4 nitrogen and oxygen atoms in total. The highest BCUT2D eigenvalue weighted by molar-refractivity contribution is 8.01. The van der Waals surface area contributed by atoms with E-state index in [1.165, 1.54) is 11.8 Å². The van der Waals surface area contributed by atoms with Gasteiger partial charge in [0.25, 0.3) is 0 Å². The summed E-state index contributed by atoms with van der Waals surface area (Å²) in [5.74, 6) is 0.597. The molecule has 0 aliphatic carbocycles. The van der Waals surface area contributed by atoms with Crippen molar-refractivity contribution in [1.29, 1.82) is 0 Å². The molecule has 0 radical (unpaired) electrons. The van der Waals surface area contributed by atoms with E-state index in [1.54, 1.807) is 17.4 Å². The number of hydrogen-bond acceptors (Lipinski definition) is 6. The third-order valence-electron chi connectivity index (χ3n) is 1.94. The molecule has 0 aliphatic rings. The van der Waals surface area contributed by atoms with E-state index in [1.807, 2.05) is 19.2 Å². The van der Waals surface area contributed by atoms with Crippen molar-refractivity contribution in [2.75, 3.05) is 6.61 Å². The first kappa shape index (κ1) is 13.7. The molecule has 2 aromatic rings. The second-order valence-electron chi connectivity index (χ2n) is 3.44.